The molecule has 0 saturated heterocycles. The zero-order chi connectivity index (χ0) is 20.5. The van der Waals surface area contributed by atoms with Gasteiger partial charge in [-0.3, -0.25) is 19.2 Å². The first-order chi connectivity index (χ1) is 13.4. The number of thioether (sulfide) groups is 2. The predicted molar refractivity (Wildman–Crippen MR) is 115 cm³/mol. The van der Waals surface area contributed by atoms with Crippen LogP contribution in [0.4, 0.5) is 11.4 Å². The third kappa shape index (κ3) is 6.86. The van der Waals surface area contributed by atoms with Gasteiger partial charge >= 0.3 is 0 Å². The van der Waals surface area contributed by atoms with Crippen molar-refractivity contribution in [3.8, 4) is 0 Å². The lowest BCUT2D eigenvalue weighted by atomic mass is 10.2. The number of benzene rings is 2. The molecule has 2 rings (SSSR count). The lowest BCUT2D eigenvalue weighted by molar-refractivity contribution is -0.126. The maximum absolute atomic E-state index is 11.9. The van der Waals surface area contributed by atoms with E-state index in [1.807, 2.05) is 38.1 Å². The fourth-order valence-corrected chi connectivity index (χ4v) is 3.44. The Balaban J connectivity index is 1.73. The molecule has 0 radical (unpaired) electrons. The van der Waals surface area contributed by atoms with E-state index >= 15 is 0 Å². The molecular formula is C20H20N2O4S2. The van der Waals surface area contributed by atoms with E-state index in [9.17, 15) is 19.2 Å². The van der Waals surface area contributed by atoms with E-state index in [0.717, 1.165) is 11.1 Å². The maximum Gasteiger partial charge on any atom is 0.266 e. The summed E-state index contributed by atoms with van der Waals surface area (Å²) in [6.07, 6.45) is 0. The molecular weight excluding hydrogens is 396 g/mol. The Morgan fingerprint density at radius 2 is 1.04 bits per heavy atom. The Morgan fingerprint density at radius 3 is 1.39 bits per heavy atom. The maximum atomic E-state index is 11.9. The number of hydrogen-bond donors (Lipinski definition) is 2. The third-order valence-corrected chi connectivity index (χ3v) is 5.51. The van der Waals surface area contributed by atoms with E-state index < -0.39 is 10.2 Å². The van der Waals surface area contributed by atoms with Gasteiger partial charge in [-0.15, -0.1) is 0 Å². The van der Waals surface area contributed by atoms with Crippen LogP contribution in [0.2, 0.25) is 0 Å². The van der Waals surface area contributed by atoms with Crippen molar-refractivity contribution in [2.75, 3.05) is 22.1 Å². The Bertz CT molecular complexity index is 826. The fraction of sp³-hybridized carbons (Fsp3) is 0.200. The summed E-state index contributed by atoms with van der Waals surface area (Å²) in [5.74, 6) is -1.09. The molecule has 0 aliphatic carbocycles. The van der Waals surface area contributed by atoms with E-state index in [2.05, 4.69) is 10.6 Å². The van der Waals surface area contributed by atoms with Gasteiger partial charge in [-0.1, -0.05) is 59.9 Å². The smallest absolute Gasteiger partial charge is 0.266 e. The highest BCUT2D eigenvalue weighted by atomic mass is 32.2. The molecule has 8 heteroatoms. The summed E-state index contributed by atoms with van der Waals surface area (Å²) in [7, 11) is 0. The van der Waals surface area contributed by atoms with Gasteiger partial charge in [0.25, 0.3) is 10.2 Å². The van der Waals surface area contributed by atoms with Gasteiger partial charge in [0.1, 0.15) is 0 Å². The molecule has 146 valence electrons. The van der Waals surface area contributed by atoms with E-state index in [1.54, 1.807) is 24.3 Å². The summed E-state index contributed by atoms with van der Waals surface area (Å²) in [6, 6.07) is 14.5. The van der Waals surface area contributed by atoms with Crippen LogP contribution >= 0.6 is 23.5 Å². The standard InChI is InChI=1S/C20H20N2O4S2/c1-13-7-3-5-9-15(13)21-17(23)11-27-19(25)20(26)28-12-18(24)22-16-10-6-4-8-14(16)2/h3-10H,11-12H2,1-2H3,(H,21,23)(H,22,24). The quantitative estimate of drug-likeness (QED) is 0.701. The molecule has 0 bridgehead atoms. The Kier molecular flexibility index (Phi) is 8.28. The van der Waals surface area contributed by atoms with Crippen LogP contribution in [0.1, 0.15) is 11.1 Å². The van der Waals surface area contributed by atoms with Crippen molar-refractivity contribution in [2.45, 2.75) is 13.8 Å². The molecule has 0 saturated carbocycles. The van der Waals surface area contributed by atoms with Crippen LogP contribution in [0.15, 0.2) is 48.5 Å². The van der Waals surface area contributed by atoms with E-state index in [0.29, 0.717) is 34.9 Å². The number of amides is 2. The van der Waals surface area contributed by atoms with Gasteiger partial charge in [-0.05, 0) is 37.1 Å². The Morgan fingerprint density at radius 1 is 0.679 bits per heavy atom. The van der Waals surface area contributed by atoms with Crippen LogP contribution in [-0.4, -0.2) is 33.6 Å². The van der Waals surface area contributed by atoms with Crippen molar-refractivity contribution in [2.24, 2.45) is 0 Å². The van der Waals surface area contributed by atoms with Crippen LogP contribution < -0.4 is 10.6 Å². The van der Waals surface area contributed by atoms with E-state index in [4.69, 9.17) is 0 Å². The first-order valence-electron chi connectivity index (χ1n) is 8.41. The van der Waals surface area contributed by atoms with Gasteiger partial charge in [0, 0.05) is 11.4 Å². The van der Waals surface area contributed by atoms with Gasteiger partial charge in [0.15, 0.2) is 0 Å². The first kappa shape index (κ1) is 21.7. The minimum Gasteiger partial charge on any atom is -0.325 e. The zero-order valence-electron chi connectivity index (χ0n) is 15.5. The molecule has 2 N–H and O–H groups in total. The summed E-state index contributed by atoms with van der Waals surface area (Å²) in [5.41, 5.74) is 3.13. The molecule has 0 spiro atoms. The van der Waals surface area contributed by atoms with E-state index in [1.165, 1.54) is 0 Å². The SMILES string of the molecule is Cc1ccccc1NC(=O)CSC(=O)C(=O)SCC(=O)Nc1ccccc1C. The normalized spacial score (nSPS) is 10.2. The summed E-state index contributed by atoms with van der Waals surface area (Å²) in [6.45, 7) is 3.71. The summed E-state index contributed by atoms with van der Waals surface area (Å²) in [5, 5.41) is 3.87. The molecule has 2 aromatic carbocycles. The molecule has 0 heterocycles. The lowest BCUT2D eigenvalue weighted by Crippen LogP contribution is -2.19. The van der Waals surface area contributed by atoms with Crippen molar-refractivity contribution in [3.05, 3.63) is 59.7 Å². The molecule has 0 unspecified atom stereocenters. The number of aryl methyl sites for hydroxylation is 2. The average Bonchev–Trinajstić information content (AvgIpc) is 2.68. The van der Waals surface area contributed by atoms with Crippen LogP contribution in [0.3, 0.4) is 0 Å². The van der Waals surface area contributed by atoms with Gasteiger partial charge in [0.2, 0.25) is 11.8 Å². The Labute approximate surface area is 171 Å². The molecule has 2 aromatic rings. The van der Waals surface area contributed by atoms with E-state index in [-0.39, 0.29) is 23.3 Å². The van der Waals surface area contributed by atoms with Crippen LogP contribution in [-0.2, 0) is 19.2 Å². The monoisotopic (exact) mass is 416 g/mol. The van der Waals surface area contributed by atoms with Gasteiger partial charge in [-0.25, -0.2) is 0 Å². The average molecular weight is 417 g/mol. The van der Waals surface area contributed by atoms with Gasteiger partial charge in [-0.2, -0.15) is 0 Å². The second-order valence-electron chi connectivity index (χ2n) is 5.88. The minimum atomic E-state index is -0.756. The highest BCUT2D eigenvalue weighted by Gasteiger charge is 2.19. The van der Waals surface area contributed by atoms with Crippen LogP contribution in [0.25, 0.3) is 0 Å². The molecule has 0 aromatic heterocycles. The number of nitrogens with one attached hydrogen (secondary N) is 2. The molecule has 28 heavy (non-hydrogen) atoms. The van der Waals surface area contributed by atoms with Crippen LogP contribution in [0, 0.1) is 13.8 Å². The molecule has 0 fully saturated rings. The minimum absolute atomic E-state index is 0.172. The number of rotatable bonds is 6. The summed E-state index contributed by atoms with van der Waals surface area (Å²) in [4.78, 5) is 47.6. The molecule has 0 aliphatic heterocycles. The van der Waals surface area contributed by atoms with Gasteiger partial charge in [0.05, 0.1) is 11.5 Å². The van der Waals surface area contributed by atoms with Crippen LogP contribution in [0.5, 0.6) is 0 Å². The lowest BCUT2D eigenvalue weighted by Gasteiger charge is -2.08. The molecule has 2 amide bonds. The topological polar surface area (TPSA) is 92.3 Å². The number of carbonyl (C=O) groups excluding carboxylic acids is 4. The third-order valence-electron chi connectivity index (χ3n) is 3.67. The summed E-state index contributed by atoms with van der Waals surface area (Å²) >= 11 is 1.25. The Hall–Kier alpha value is -2.58. The number of anilines is 2. The van der Waals surface area contributed by atoms with Crippen molar-refractivity contribution in [1.82, 2.24) is 0 Å². The second-order valence-corrected chi connectivity index (χ2v) is 7.77. The highest BCUT2D eigenvalue weighted by molar-refractivity contribution is 8.25. The van der Waals surface area contributed by atoms with Crippen molar-refractivity contribution in [3.63, 3.8) is 0 Å². The second kappa shape index (κ2) is 10.7. The fourth-order valence-electron chi connectivity index (χ4n) is 2.18. The highest BCUT2D eigenvalue weighted by Crippen LogP contribution is 2.17. The largest absolute Gasteiger partial charge is 0.325 e. The van der Waals surface area contributed by atoms with Crippen molar-refractivity contribution >= 4 is 56.9 Å². The zero-order valence-corrected chi connectivity index (χ0v) is 17.1. The van der Waals surface area contributed by atoms with Gasteiger partial charge < -0.3 is 10.6 Å². The number of hydrogen-bond acceptors (Lipinski definition) is 6. The van der Waals surface area contributed by atoms with Crippen molar-refractivity contribution in [1.29, 1.82) is 0 Å². The van der Waals surface area contributed by atoms with Crippen molar-refractivity contribution < 1.29 is 19.2 Å². The number of para-hydroxylation sites is 2. The molecule has 0 aliphatic rings. The predicted octanol–water partition coefficient (Wildman–Crippen LogP) is 3.40. The molecule has 6 nitrogen and oxygen atoms in total. The molecule has 0 atom stereocenters. The first-order valence-corrected chi connectivity index (χ1v) is 10.4. The summed E-state index contributed by atoms with van der Waals surface area (Å²) < 4.78 is 0. The number of carbonyl (C=O) groups is 4.